The van der Waals surface area contributed by atoms with Crippen molar-refractivity contribution in [3.05, 3.63) is 29.3 Å². The second-order valence-corrected chi connectivity index (χ2v) is 8.89. The zero-order valence-electron chi connectivity index (χ0n) is 13.0. The molecule has 1 N–H and O–H groups in total. The van der Waals surface area contributed by atoms with Crippen molar-refractivity contribution in [1.82, 2.24) is 5.32 Å². The molecule has 0 saturated heterocycles. The number of nitrogens with one attached hydrogen (secondary N) is 1. The van der Waals surface area contributed by atoms with Gasteiger partial charge >= 0.3 is 0 Å². The Morgan fingerprint density at radius 2 is 1.95 bits per heavy atom. The molecule has 0 unspecified atom stereocenters. The molecule has 0 aromatic heterocycles. The van der Waals surface area contributed by atoms with Crippen molar-refractivity contribution in [3.8, 4) is 0 Å². The van der Waals surface area contributed by atoms with Gasteiger partial charge in [0, 0.05) is 27.5 Å². The van der Waals surface area contributed by atoms with Gasteiger partial charge in [0.15, 0.2) is 0 Å². The average Bonchev–Trinajstić information content (AvgIpc) is 2.54. The molecule has 1 amide bonds. The largest absolute Gasteiger partial charge is 0.354 e. The van der Waals surface area contributed by atoms with Gasteiger partial charge in [0.25, 0.3) is 0 Å². The molecule has 0 radical (unpaired) electrons. The van der Waals surface area contributed by atoms with Crippen molar-refractivity contribution in [1.29, 1.82) is 0 Å². The van der Waals surface area contributed by atoms with Gasteiger partial charge in [-0.15, -0.1) is 11.8 Å². The summed E-state index contributed by atoms with van der Waals surface area (Å²) in [4.78, 5) is 13.2. The highest BCUT2D eigenvalue weighted by atomic mass is 35.5. The Labute approximate surface area is 147 Å². The van der Waals surface area contributed by atoms with Crippen LogP contribution in [0.2, 0.25) is 5.02 Å². The van der Waals surface area contributed by atoms with E-state index in [2.05, 4.69) is 5.32 Å². The Bertz CT molecular complexity index is 460. The summed E-state index contributed by atoms with van der Waals surface area (Å²) < 4.78 is 0. The molecule has 0 bridgehead atoms. The van der Waals surface area contributed by atoms with Gasteiger partial charge in [0.2, 0.25) is 5.91 Å². The number of rotatable bonds is 7. The molecule has 5 heteroatoms. The Kier molecular flexibility index (Phi) is 7.98. The second-order valence-electron chi connectivity index (χ2n) is 5.64. The molecule has 0 aliphatic heterocycles. The lowest BCUT2D eigenvalue weighted by atomic mass is 10.0. The van der Waals surface area contributed by atoms with E-state index in [0.717, 1.165) is 27.5 Å². The SMILES string of the molecule is C[C@H](Sc1ccc(Cl)cc1)C(=O)NCCSC1CCCCC1. The van der Waals surface area contributed by atoms with Crippen LogP contribution in [-0.4, -0.2) is 28.7 Å². The van der Waals surface area contributed by atoms with Crippen LogP contribution in [0.4, 0.5) is 0 Å². The molecule has 1 aromatic rings. The van der Waals surface area contributed by atoms with Gasteiger partial charge in [-0.3, -0.25) is 4.79 Å². The van der Waals surface area contributed by atoms with Gasteiger partial charge in [0.05, 0.1) is 5.25 Å². The van der Waals surface area contributed by atoms with E-state index in [9.17, 15) is 4.79 Å². The third-order valence-electron chi connectivity index (χ3n) is 3.80. The Morgan fingerprint density at radius 1 is 1.27 bits per heavy atom. The van der Waals surface area contributed by atoms with Crippen LogP contribution < -0.4 is 5.32 Å². The van der Waals surface area contributed by atoms with Gasteiger partial charge in [-0.1, -0.05) is 30.9 Å². The van der Waals surface area contributed by atoms with E-state index in [1.165, 1.54) is 32.1 Å². The molecule has 1 aromatic carbocycles. The number of amides is 1. The quantitative estimate of drug-likeness (QED) is 0.549. The van der Waals surface area contributed by atoms with Crippen LogP contribution in [0.15, 0.2) is 29.2 Å². The molecule has 1 saturated carbocycles. The fraction of sp³-hybridized carbons (Fsp3) is 0.588. The van der Waals surface area contributed by atoms with E-state index in [1.54, 1.807) is 11.8 Å². The lowest BCUT2D eigenvalue weighted by Crippen LogP contribution is -2.32. The van der Waals surface area contributed by atoms with Gasteiger partial charge in [-0.25, -0.2) is 0 Å². The highest BCUT2D eigenvalue weighted by molar-refractivity contribution is 8.00. The molecule has 2 nitrogen and oxygen atoms in total. The fourth-order valence-corrected chi connectivity index (χ4v) is 4.78. The monoisotopic (exact) mass is 357 g/mol. The van der Waals surface area contributed by atoms with Gasteiger partial charge < -0.3 is 5.32 Å². The summed E-state index contributed by atoms with van der Waals surface area (Å²) in [5.74, 6) is 1.14. The lowest BCUT2D eigenvalue weighted by Gasteiger charge is -2.21. The zero-order chi connectivity index (χ0) is 15.8. The van der Waals surface area contributed by atoms with Crippen LogP contribution in [0.25, 0.3) is 0 Å². The van der Waals surface area contributed by atoms with Crippen molar-refractivity contribution in [2.75, 3.05) is 12.3 Å². The predicted molar refractivity (Wildman–Crippen MR) is 99.1 cm³/mol. The topological polar surface area (TPSA) is 29.1 Å². The van der Waals surface area contributed by atoms with Crippen LogP contribution in [-0.2, 0) is 4.79 Å². The average molecular weight is 358 g/mol. The summed E-state index contributed by atoms with van der Waals surface area (Å²) in [6.45, 7) is 2.72. The summed E-state index contributed by atoms with van der Waals surface area (Å²) >= 11 is 9.46. The van der Waals surface area contributed by atoms with Crippen LogP contribution in [0.5, 0.6) is 0 Å². The molecule has 2 rings (SSSR count). The molecule has 1 aliphatic carbocycles. The van der Waals surface area contributed by atoms with E-state index in [0.29, 0.717) is 0 Å². The van der Waals surface area contributed by atoms with E-state index in [1.807, 2.05) is 43.0 Å². The molecule has 1 aliphatic rings. The lowest BCUT2D eigenvalue weighted by molar-refractivity contribution is -0.120. The first-order valence-corrected chi connectivity index (χ1v) is 10.3. The zero-order valence-corrected chi connectivity index (χ0v) is 15.4. The third-order valence-corrected chi connectivity index (χ3v) is 6.55. The van der Waals surface area contributed by atoms with E-state index in [-0.39, 0.29) is 11.2 Å². The molecule has 1 atom stereocenters. The number of benzene rings is 1. The fourth-order valence-electron chi connectivity index (χ4n) is 2.55. The molecule has 22 heavy (non-hydrogen) atoms. The van der Waals surface area contributed by atoms with Crippen molar-refractivity contribution >= 4 is 41.0 Å². The minimum atomic E-state index is -0.0825. The number of carbonyl (C=O) groups excluding carboxylic acids is 1. The molecular formula is C17H24ClNOS2. The summed E-state index contributed by atoms with van der Waals surface area (Å²) in [5, 5.41) is 4.50. The number of hydrogen-bond acceptors (Lipinski definition) is 3. The maximum Gasteiger partial charge on any atom is 0.233 e. The Morgan fingerprint density at radius 3 is 2.64 bits per heavy atom. The first-order valence-electron chi connectivity index (χ1n) is 7.96. The van der Waals surface area contributed by atoms with Crippen LogP contribution in [0.3, 0.4) is 0 Å². The molecule has 0 spiro atoms. The number of halogens is 1. The normalized spacial score (nSPS) is 17.2. The van der Waals surface area contributed by atoms with Gasteiger partial charge in [0.1, 0.15) is 0 Å². The Balaban J connectivity index is 1.62. The van der Waals surface area contributed by atoms with Crippen molar-refractivity contribution in [2.45, 2.75) is 54.4 Å². The van der Waals surface area contributed by atoms with E-state index < -0.39 is 0 Å². The van der Waals surface area contributed by atoms with Crippen molar-refractivity contribution in [2.24, 2.45) is 0 Å². The minimum Gasteiger partial charge on any atom is -0.354 e. The number of carbonyl (C=O) groups is 1. The number of hydrogen-bond donors (Lipinski definition) is 1. The molecule has 0 heterocycles. The maximum absolute atomic E-state index is 12.1. The molecular weight excluding hydrogens is 334 g/mol. The smallest absolute Gasteiger partial charge is 0.233 e. The van der Waals surface area contributed by atoms with Crippen LogP contribution >= 0.6 is 35.1 Å². The third kappa shape index (κ3) is 6.43. The van der Waals surface area contributed by atoms with Crippen molar-refractivity contribution in [3.63, 3.8) is 0 Å². The maximum atomic E-state index is 12.1. The highest BCUT2D eigenvalue weighted by Crippen LogP contribution is 2.28. The van der Waals surface area contributed by atoms with Gasteiger partial charge in [-0.05, 0) is 44.0 Å². The first kappa shape index (κ1) is 18.0. The van der Waals surface area contributed by atoms with Crippen molar-refractivity contribution < 1.29 is 4.79 Å². The number of thioether (sulfide) groups is 2. The molecule has 122 valence electrons. The molecule has 1 fully saturated rings. The minimum absolute atomic E-state index is 0.0825. The van der Waals surface area contributed by atoms with E-state index >= 15 is 0 Å². The predicted octanol–water partition coefficient (Wildman–Crippen LogP) is 5.00. The summed E-state index contributed by atoms with van der Waals surface area (Å²) in [7, 11) is 0. The van der Waals surface area contributed by atoms with Crippen LogP contribution in [0.1, 0.15) is 39.0 Å². The second kappa shape index (κ2) is 9.74. The highest BCUT2D eigenvalue weighted by Gasteiger charge is 2.15. The summed E-state index contributed by atoms with van der Waals surface area (Å²) in [6, 6.07) is 7.62. The first-order chi connectivity index (χ1) is 10.6. The van der Waals surface area contributed by atoms with Gasteiger partial charge in [-0.2, -0.15) is 11.8 Å². The van der Waals surface area contributed by atoms with E-state index in [4.69, 9.17) is 11.6 Å². The summed E-state index contributed by atoms with van der Waals surface area (Å²) in [6.07, 6.45) is 6.84. The van der Waals surface area contributed by atoms with Crippen LogP contribution in [0, 0.1) is 0 Å². The Hall–Kier alpha value is -0.320. The summed E-state index contributed by atoms with van der Waals surface area (Å²) in [5.41, 5.74) is 0. The standard InChI is InChI=1S/C17H24ClNOS2/c1-13(22-16-9-7-14(18)8-10-16)17(20)19-11-12-21-15-5-3-2-4-6-15/h7-10,13,15H,2-6,11-12H2,1H3,(H,19,20)/t13-/m0/s1.